The Morgan fingerprint density at radius 1 is 1.22 bits per heavy atom. The standard InChI is InChI=1S/C27H28Cl2FN7/c1-27(2,3)14-33-24-15(11-31)12-32-25-20(24)9-17(10-22(25)29)34-26(19-7-4-16(30)8-21(19)28)23-13-37(36-35-23)18-5-6-18/h4,7-10,12-13,18,26,34-36H,5-6,14H2,1-3H3,(H,32,33). The number of nitrogens with one attached hydrogen (secondary N) is 4. The smallest absolute Gasteiger partial charge is 0.124 e. The molecule has 1 saturated carbocycles. The minimum Gasteiger partial charge on any atom is -0.383 e. The zero-order valence-electron chi connectivity index (χ0n) is 20.8. The van der Waals surface area contributed by atoms with Gasteiger partial charge in [-0.2, -0.15) is 5.26 Å². The van der Waals surface area contributed by atoms with E-state index in [-0.39, 0.29) is 5.41 Å². The maximum atomic E-state index is 13.9. The summed E-state index contributed by atoms with van der Waals surface area (Å²) in [5.41, 5.74) is 10.3. The first-order chi connectivity index (χ1) is 17.6. The van der Waals surface area contributed by atoms with Crippen LogP contribution in [0, 0.1) is 22.6 Å². The second-order valence-corrected chi connectivity index (χ2v) is 11.4. The van der Waals surface area contributed by atoms with Crippen molar-refractivity contribution in [1.82, 2.24) is 21.0 Å². The number of nitrogens with zero attached hydrogens (tertiary/aromatic N) is 3. The highest BCUT2D eigenvalue weighted by Crippen LogP contribution is 2.38. The zero-order chi connectivity index (χ0) is 26.3. The Morgan fingerprint density at radius 3 is 2.68 bits per heavy atom. The fourth-order valence-corrected chi connectivity index (χ4v) is 4.78. The summed E-state index contributed by atoms with van der Waals surface area (Å²) in [7, 11) is 0. The summed E-state index contributed by atoms with van der Waals surface area (Å²) in [6.45, 7) is 7.01. The lowest BCUT2D eigenvalue weighted by Gasteiger charge is -2.24. The number of pyridine rings is 1. The van der Waals surface area contributed by atoms with Crippen molar-refractivity contribution in [2.75, 3.05) is 17.2 Å². The van der Waals surface area contributed by atoms with Gasteiger partial charge in [0.05, 0.1) is 33.5 Å². The third-order valence-electron chi connectivity index (χ3n) is 6.28. The van der Waals surface area contributed by atoms with E-state index < -0.39 is 11.9 Å². The molecule has 1 atom stereocenters. The van der Waals surface area contributed by atoms with Crippen molar-refractivity contribution < 1.29 is 4.39 Å². The van der Waals surface area contributed by atoms with E-state index in [4.69, 9.17) is 23.2 Å². The van der Waals surface area contributed by atoms with Gasteiger partial charge in [-0.25, -0.2) is 4.39 Å². The van der Waals surface area contributed by atoms with Gasteiger partial charge in [-0.1, -0.05) is 50.0 Å². The molecule has 10 heteroatoms. The molecule has 3 aromatic rings. The van der Waals surface area contributed by atoms with Crippen molar-refractivity contribution in [3.63, 3.8) is 0 Å². The molecule has 0 saturated heterocycles. The van der Waals surface area contributed by atoms with Gasteiger partial charge in [0.2, 0.25) is 0 Å². The fourth-order valence-electron chi connectivity index (χ4n) is 4.24. The average molecular weight is 540 g/mol. The second kappa shape index (κ2) is 9.90. The first-order valence-corrected chi connectivity index (χ1v) is 12.9. The number of nitriles is 1. The van der Waals surface area contributed by atoms with Crippen LogP contribution in [0.1, 0.15) is 50.8 Å². The Balaban J connectivity index is 1.57. The molecule has 1 aromatic heterocycles. The number of halogens is 3. The number of anilines is 2. The van der Waals surface area contributed by atoms with Crippen LogP contribution >= 0.6 is 23.2 Å². The summed E-state index contributed by atoms with van der Waals surface area (Å²) in [5, 5.41) is 20.2. The number of rotatable bonds is 7. The Hall–Kier alpha value is -3.25. The van der Waals surface area contributed by atoms with Gasteiger partial charge in [0, 0.05) is 41.1 Å². The van der Waals surface area contributed by atoms with Crippen molar-refractivity contribution in [3.05, 3.63) is 75.4 Å². The molecule has 0 spiro atoms. The summed E-state index contributed by atoms with van der Waals surface area (Å²) >= 11 is 13.2. The van der Waals surface area contributed by atoms with Gasteiger partial charge in [0.25, 0.3) is 0 Å². The largest absolute Gasteiger partial charge is 0.383 e. The number of hydrazine groups is 2. The molecule has 1 fully saturated rings. The molecule has 0 amide bonds. The molecule has 0 radical (unpaired) electrons. The van der Waals surface area contributed by atoms with Crippen LogP contribution in [0.5, 0.6) is 0 Å². The lowest BCUT2D eigenvalue weighted by Crippen LogP contribution is -2.38. The Morgan fingerprint density at radius 2 is 2.00 bits per heavy atom. The summed E-state index contributed by atoms with van der Waals surface area (Å²) < 4.78 is 13.9. The molecule has 5 rings (SSSR count). The van der Waals surface area contributed by atoms with Crippen LogP contribution in [0.3, 0.4) is 0 Å². The topological polar surface area (TPSA) is 88.0 Å². The minimum atomic E-state index is -0.434. The fraction of sp³-hybridized carbons (Fsp3) is 0.333. The van der Waals surface area contributed by atoms with Crippen LogP contribution in [0.2, 0.25) is 10.0 Å². The molecule has 2 aliphatic rings. The number of hydrogen-bond acceptors (Lipinski definition) is 7. The molecular formula is C27H28Cl2FN7. The SMILES string of the molecule is CC(C)(C)CNc1c(C#N)cnc2c(Cl)cc(NC(C3=CN(C4CC4)NN3)c3ccc(F)cc3Cl)cc12. The molecule has 7 nitrogen and oxygen atoms in total. The van der Waals surface area contributed by atoms with Crippen LogP contribution in [-0.4, -0.2) is 22.6 Å². The Bertz CT molecular complexity index is 1420. The quantitative estimate of drug-likeness (QED) is 0.272. The lowest BCUT2D eigenvalue weighted by molar-refractivity contribution is 0.260. The molecule has 1 aliphatic carbocycles. The van der Waals surface area contributed by atoms with Crippen molar-refractivity contribution in [2.45, 2.75) is 45.7 Å². The first-order valence-electron chi connectivity index (χ1n) is 12.1. The summed E-state index contributed by atoms with van der Waals surface area (Å²) in [6.07, 6.45) is 5.78. The van der Waals surface area contributed by atoms with Gasteiger partial charge >= 0.3 is 0 Å². The normalized spacial score (nSPS) is 16.2. The van der Waals surface area contributed by atoms with Crippen LogP contribution in [0.25, 0.3) is 10.9 Å². The zero-order valence-corrected chi connectivity index (χ0v) is 22.3. The van der Waals surface area contributed by atoms with Crippen molar-refractivity contribution in [3.8, 4) is 6.07 Å². The maximum absolute atomic E-state index is 13.9. The van der Waals surface area contributed by atoms with Gasteiger partial charge in [0.1, 0.15) is 11.9 Å². The lowest BCUT2D eigenvalue weighted by atomic mass is 9.96. The van der Waals surface area contributed by atoms with Crippen LogP contribution < -0.4 is 21.6 Å². The summed E-state index contributed by atoms with van der Waals surface area (Å²) in [6, 6.07) is 10.3. The number of fused-ring (bicyclic) bond motifs is 1. The molecule has 1 unspecified atom stereocenters. The second-order valence-electron chi connectivity index (χ2n) is 10.6. The van der Waals surface area contributed by atoms with E-state index in [2.05, 4.69) is 53.4 Å². The summed E-state index contributed by atoms with van der Waals surface area (Å²) in [4.78, 5) is 4.45. The van der Waals surface area contributed by atoms with Crippen molar-refractivity contribution in [1.29, 1.82) is 5.26 Å². The molecule has 2 aromatic carbocycles. The van der Waals surface area contributed by atoms with E-state index in [1.807, 2.05) is 17.3 Å². The van der Waals surface area contributed by atoms with E-state index >= 15 is 0 Å². The highest BCUT2D eigenvalue weighted by molar-refractivity contribution is 6.36. The predicted octanol–water partition coefficient (Wildman–Crippen LogP) is 6.49. The Labute approximate surface area is 225 Å². The molecule has 192 valence electrons. The first kappa shape index (κ1) is 25.4. The summed E-state index contributed by atoms with van der Waals surface area (Å²) in [5.74, 6) is -0.406. The predicted molar refractivity (Wildman–Crippen MR) is 146 cm³/mol. The van der Waals surface area contributed by atoms with Crippen LogP contribution in [-0.2, 0) is 0 Å². The number of benzene rings is 2. The monoisotopic (exact) mass is 539 g/mol. The van der Waals surface area contributed by atoms with Gasteiger partial charge in [0.15, 0.2) is 0 Å². The van der Waals surface area contributed by atoms with Gasteiger partial charge in [-0.05, 0) is 48.1 Å². The highest BCUT2D eigenvalue weighted by atomic mass is 35.5. The van der Waals surface area contributed by atoms with Crippen LogP contribution in [0.15, 0.2) is 48.4 Å². The molecule has 37 heavy (non-hydrogen) atoms. The van der Waals surface area contributed by atoms with E-state index in [1.54, 1.807) is 18.3 Å². The third kappa shape index (κ3) is 5.54. The van der Waals surface area contributed by atoms with E-state index in [9.17, 15) is 9.65 Å². The number of hydrogen-bond donors (Lipinski definition) is 4. The third-order valence-corrected chi connectivity index (χ3v) is 6.90. The van der Waals surface area contributed by atoms with E-state index in [1.165, 1.54) is 12.1 Å². The van der Waals surface area contributed by atoms with E-state index in [0.29, 0.717) is 50.7 Å². The minimum absolute atomic E-state index is 0.00650. The number of aromatic nitrogens is 1. The van der Waals surface area contributed by atoms with Crippen LogP contribution in [0.4, 0.5) is 15.8 Å². The van der Waals surface area contributed by atoms with E-state index in [0.717, 1.165) is 23.9 Å². The van der Waals surface area contributed by atoms with Gasteiger partial charge in [-0.3, -0.25) is 9.99 Å². The van der Waals surface area contributed by atoms with Crippen molar-refractivity contribution >= 4 is 45.5 Å². The molecule has 1 aliphatic heterocycles. The average Bonchev–Trinajstić information content (AvgIpc) is 3.57. The molecule has 2 heterocycles. The molecule has 0 bridgehead atoms. The maximum Gasteiger partial charge on any atom is 0.124 e. The van der Waals surface area contributed by atoms with Crippen molar-refractivity contribution in [2.24, 2.45) is 5.41 Å². The highest BCUT2D eigenvalue weighted by Gasteiger charge is 2.33. The van der Waals surface area contributed by atoms with Gasteiger partial charge < -0.3 is 16.1 Å². The Kier molecular flexibility index (Phi) is 6.80. The molecular weight excluding hydrogens is 512 g/mol. The van der Waals surface area contributed by atoms with Gasteiger partial charge in [-0.15, -0.1) is 5.53 Å². The molecule has 4 N–H and O–H groups in total.